The summed E-state index contributed by atoms with van der Waals surface area (Å²) in [5.74, 6) is 0.0187. The van der Waals surface area contributed by atoms with Crippen LogP contribution in [-0.4, -0.2) is 12.6 Å². The van der Waals surface area contributed by atoms with Crippen molar-refractivity contribution in [2.24, 2.45) is 0 Å². The van der Waals surface area contributed by atoms with Gasteiger partial charge < -0.3 is 0 Å². The molecule has 88 valence electrons. The molecule has 0 atom stereocenters. The number of rotatable bonds is 5. The van der Waals surface area contributed by atoms with Crippen LogP contribution in [0.3, 0.4) is 0 Å². The summed E-state index contributed by atoms with van der Waals surface area (Å²) in [6, 6.07) is 7.38. The fourth-order valence-electron chi connectivity index (χ4n) is 1.23. The maximum Gasteiger partial charge on any atom is 0.373 e. The first-order chi connectivity index (χ1) is 7.65. The van der Waals surface area contributed by atoms with Gasteiger partial charge in [-0.05, 0) is 30.0 Å². The average Bonchev–Trinajstić information content (AvgIpc) is 2.29. The molecule has 0 aliphatic carbocycles. The predicted molar refractivity (Wildman–Crippen MR) is 62.2 cm³/mol. The maximum atomic E-state index is 11.5. The van der Waals surface area contributed by atoms with Crippen LogP contribution in [-0.2, 0) is 9.78 Å². The summed E-state index contributed by atoms with van der Waals surface area (Å²) in [7, 11) is 0. The van der Waals surface area contributed by atoms with Gasteiger partial charge in [-0.3, -0.25) is 4.89 Å². The van der Waals surface area contributed by atoms with Crippen molar-refractivity contribution in [2.45, 2.75) is 33.1 Å². The van der Waals surface area contributed by atoms with Gasteiger partial charge in [-0.15, -0.1) is 0 Å². The molecule has 0 radical (unpaired) electrons. The second kappa shape index (κ2) is 6.28. The Morgan fingerprint density at radius 3 is 2.38 bits per heavy atom. The van der Waals surface area contributed by atoms with Gasteiger partial charge in [-0.25, -0.2) is 4.79 Å². The van der Waals surface area contributed by atoms with Crippen LogP contribution in [0.2, 0.25) is 0 Å². The molecule has 0 saturated heterocycles. The number of hydrogen-bond donors (Lipinski definition) is 0. The molecule has 0 fully saturated rings. The Morgan fingerprint density at radius 2 is 1.88 bits per heavy atom. The summed E-state index contributed by atoms with van der Waals surface area (Å²) < 4.78 is 0. The van der Waals surface area contributed by atoms with Crippen LogP contribution < -0.4 is 0 Å². The van der Waals surface area contributed by atoms with Crippen molar-refractivity contribution in [3.05, 3.63) is 35.4 Å². The summed E-state index contributed by atoms with van der Waals surface area (Å²) >= 11 is 0. The third-order valence-electron chi connectivity index (χ3n) is 2.24. The smallest absolute Gasteiger partial charge is 0.293 e. The van der Waals surface area contributed by atoms with E-state index in [0.717, 1.165) is 6.42 Å². The van der Waals surface area contributed by atoms with Crippen LogP contribution >= 0.6 is 0 Å². The Morgan fingerprint density at radius 1 is 1.25 bits per heavy atom. The lowest BCUT2D eigenvalue weighted by Gasteiger charge is -2.06. The highest BCUT2D eigenvalue weighted by Crippen LogP contribution is 2.15. The first-order valence-electron chi connectivity index (χ1n) is 5.59. The van der Waals surface area contributed by atoms with E-state index in [2.05, 4.69) is 18.7 Å². The highest BCUT2D eigenvalue weighted by Gasteiger charge is 2.08. The molecule has 0 amide bonds. The third kappa shape index (κ3) is 3.66. The predicted octanol–water partition coefficient (Wildman–Crippen LogP) is 3.31. The molecule has 0 heterocycles. The van der Waals surface area contributed by atoms with E-state index in [1.807, 2.05) is 19.1 Å². The van der Waals surface area contributed by atoms with E-state index in [1.165, 1.54) is 5.56 Å². The van der Waals surface area contributed by atoms with Crippen molar-refractivity contribution in [2.75, 3.05) is 6.61 Å². The lowest BCUT2D eigenvalue weighted by Crippen LogP contribution is -2.06. The molecule has 3 nitrogen and oxygen atoms in total. The van der Waals surface area contributed by atoms with E-state index >= 15 is 0 Å². The zero-order chi connectivity index (χ0) is 12.0. The second-order valence-corrected chi connectivity index (χ2v) is 3.97. The minimum Gasteiger partial charge on any atom is -0.293 e. The van der Waals surface area contributed by atoms with E-state index in [9.17, 15) is 4.79 Å². The first-order valence-corrected chi connectivity index (χ1v) is 5.59. The van der Waals surface area contributed by atoms with Crippen LogP contribution in [0.5, 0.6) is 0 Å². The van der Waals surface area contributed by atoms with E-state index in [0.29, 0.717) is 18.1 Å². The molecular formula is C13H18O3. The molecule has 0 saturated carbocycles. The van der Waals surface area contributed by atoms with Crippen molar-refractivity contribution in [1.29, 1.82) is 0 Å². The lowest BCUT2D eigenvalue weighted by atomic mass is 10.0. The minimum atomic E-state index is -0.441. The molecule has 1 aromatic rings. The SMILES string of the molecule is CCCOOC(=O)c1ccc(C(C)C)cc1. The van der Waals surface area contributed by atoms with Gasteiger partial charge in [0, 0.05) is 0 Å². The summed E-state index contributed by atoms with van der Waals surface area (Å²) in [6.45, 7) is 6.59. The van der Waals surface area contributed by atoms with Crippen LogP contribution in [0, 0.1) is 0 Å². The van der Waals surface area contributed by atoms with Crippen LogP contribution in [0.1, 0.15) is 49.0 Å². The van der Waals surface area contributed by atoms with Gasteiger partial charge in [0.25, 0.3) is 0 Å². The maximum absolute atomic E-state index is 11.5. The van der Waals surface area contributed by atoms with Gasteiger partial charge in [0.15, 0.2) is 0 Å². The number of carbonyl (C=O) groups is 1. The second-order valence-electron chi connectivity index (χ2n) is 3.97. The quantitative estimate of drug-likeness (QED) is 0.435. The normalized spacial score (nSPS) is 10.5. The largest absolute Gasteiger partial charge is 0.373 e. The Labute approximate surface area is 96.3 Å². The van der Waals surface area contributed by atoms with Crippen molar-refractivity contribution in [3.8, 4) is 0 Å². The monoisotopic (exact) mass is 222 g/mol. The van der Waals surface area contributed by atoms with Crippen molar-refractivity contribution in [1.82, 2.24) is 0 Å². The van der Waals surface area contributed by atoms with E-state index < -0.39 is 5.97 Å². The van der Waals surface area contributed by atoms with Gasteiger partial charge in [0.05, 0.1) is 12.2 Å². The third-order valence-corrected chi connectivity index (χ3v) is 2.24. The van der Waals surface area contributed by atoms with Crippen LogP contribution in [0.4, 0.5) is 0 Å². The summed E-state index contributed by atoms with van der Waals surface area (Å²) in [4.78, 5) is 20.8. The van der Waals surface area contributed by atoms with Crippen molar-refractivity contribution in [3.63, 3.8) is 0 Å². The Balaban J connectivity index is 2.56. The first kappa shape index (κ1) is 12.7. The fraction of sp³-hybridized carbons (Fsp3) is 0.462. The van der Waals surface area contributed by atoms with Gasteiger partial charge >= 0.3 is 5.97 Å². The molecule has 16 heavy (non-hydrogen) atoms. The molecule has 0 aliphatic heterocycles. The highest BCUT2D eigenvalue weighted by molar-refractivity contribution is 5.88. The van der Waals surface area contributed by atoms with Gasteiger partial charge in [0.1, 0.15) is 0 Å². The highest BCUT2D eigenvalue weighted by atomic mass is 17.2. The number of hydrogen-bond acceptors (Lipinski definition) is 3. The Kier molecular flexibility index (Phi) is 4.99. The number of carbonyl (C=O) groups excluding carboxylic acids is 1. The molecule has 1 aromatic carbocycles. The van der Waals surface area contributed by atoms with Crippen LogP contribution in [0.25, 0.3) is 0 Å². The standard InChI is InChI=1S/C13H18O3/c1-4-9-15-16-13(14)12-7-5-11(6-8-12)10(2)3/h5-8,10H,4,9H2,1-3H3. The number of benzene rings is 1. The van der Waals surface area contributed by atoms with Gasteiger partial charge in [0.2, 0.25) is 0 Å². The van der Waals surface area contributed by atoms with Crippen molar-refractivity contribution < 1.29 is 14.6 Å². The molecule has 0 aromatic heterocycles. The molecule has 0 unspecified atom stereocenters. The molecule has 0 N–H and O–H groups in total. The van der Waals surface area contributed by atoms with Crippen molar-refractivity contribution >= 4 is 5.97 Å². The Hall–Kier alpha value is -1.35. The van der Waals surface area contributed by atoms with Gasteiger partial charge in [-0.1, -0.05) is 32.9 Å². The fourth-order valence-corrected chi connectivity index (χ4v) is 1.23. The summed E-state index contributed by atoms with van der Waals surface area (Å²) in [5.41, 5.74) is 1.71. The summed E-state index contributed by atoms with van der Waals surface area (Å²) in [5, 5.41) is 0. The average molecular weight is 222 g/mol. The molecular weight excluding hydrogens is 204 g/mol. The zero-order valence-electron chi connectivity index (χ0n) is 10.0. The van der Waals surface area contributed by atoms with E-state index in [-0.39, 0.29) is 0 Å². The minimum absolute atomic E-state index is 0.426. The van der Waals surface area contributed by atoms with E-state index in [4.69, 9.17) is 4.89 Å². The molecule has 3 heteroatoms. The van der Waals surface area contributed by atoms with Gasteiger partial charge in [-0.2, -0.15) is 4.89 Å². The molecule has 0 spiro atoms. The molecule has 0 aliphatic rings. The van der Waals surface area contributed by atoms with E-state index in [1.54, 1.807) is 12.1 Å². The van der Waals surface area contributed by atoms with Crippen LogP contribution in [0.15, 0.2) is 24.3 Å². The topological polar surface area (TPSA) is 35.5 Å². The molecule has 1 rings (SSSR count). The summed E-state index contributed by atoms with van der Waals surface area (Å²) in [6.07, 6.45) is 0.819. The Bertz CT molecular complexity index is 328. The lowest BCUT2D eigenvalue weighted by molar-refractivity contribution is -0.240. The zero-order valence-corrected chi connectivity index (χ0v) is 10.0. The molecule has 0 bridgehead atoms.